The van der Waals surface area contributed by atoms with Crippen molar-refractivity contribution in [3.8, 4) is 11.5 Å². The number of aryl methyl sites for hydroxylation is 1. The van der Waals surface area contributed by atoms with Gasteiger partial charge in [-0.25, -0.2) is 0 Å². The van der Waals surface area contributed by atoms with Crippen LogP contribution in [0.5, 0.6) is 11.5 Å². The van der Waals surface area contributed by atoms with Crippen LogP contribution in [0.3, 0.4) is 0 Å². The Hall–Kier alpha value is -3.01. The van der Waals surface area contributed by atoms with E-state index in [0.29, 0.717) is 17.9 Å². The van der Waals surface area contributed by atoms with Crippen LogP contribution in [0.1, 0.15) is 42.2 Å². The van der Waals surface area contributed by atoms with Gasteiger partial charge in [0, 0.05) is 12.0 Å². The van der Waals surface area contributed by atoms with E-state index in [4.69, 9.17) is 13.9 Å². The van der Waals surface area contributed by atoms with Gasteiger partial charge in [-0.3, -0.25) is 4.79 Å². The zero-order valence-electron chi connectivity index (χ0n) is 16.8. The zero-order chi connectivity index (χ0) is 20.1. The Balaban J connectivity index is 1.84. The molecule has 28 heavy (non-hydrogen) atoms. The molecule has 0 fully saturated rings. The SMILES string of the molecule is COc1ccc(OC(=O)C(c2occc2C)C(C)C)cc1Cc1ccccc1. The molecule has 1 aromatic heterocycles. The first-order valence-corrected chi connectivity index (χ1v) is 9.46. The third kappa shape index (κ3) is 4.45. The Morgan fingerprint density at radius 1 is 1.07 bits per heavy atom. The maximum absolute atomic E-state index is 12.9. The van der Waals surface area contributed by atoms with Crippen LogP contribution >= 0.6 is 0 Å². The summed E-state index contributed by atoms with van der Waals surface area (Å²) in [6.45, 7) is 5.92. The molecular formula is C24H26O4. The van der Waals surface area contributed by atoms with E-state index < -0.39 is 5.92 Å². The van der Waals surface area contributed by atoms with Gasteiger partial charge < -0.3 is 13.9 Å². The summed E-state index contributed by atoms with van der Waals surface area (Å²) in [7, 11) is 1.64. The second kappa shape index (κ2) is 8.79. The lowest BCUT2D eigenvalue weighted by molar-refractivity contribution is -0.137. The lowest BCUT2D eigenvalue weighted by atomic mass is 9.91. The van der Waals surface area contributed by atoms with Gasteiger partial charge >= 0.3 is 5.97 Å². The van der Waals surface area contributed by atoms with Gasteiger partial charge in [0.05, 0.1) is 13.4 Å². The van der Waals surface area contributed by atoms with Crippen molar-refractivity contribution in [3.63, 3.8) is 0 Å². The largest absolute Gasteiger partial charge is 0.496 e. The molecular weight excluding hydrogens is 352 g/mol. The highest BCUT2D eigenvalue weighted by Crippen LogP contribution is 2.32. The highest BCUT2D eigenvalue weighted by molar-refractivity contribution is 5.80. The number of esters is 1. The second-order valence-electron chi connectivity index (χ2n) is 7.25. The fourth-order valence-corrected chi connectivity index (χ4v) is 3.34. The quantitative estimate of drug-likeness (QED) is 0.400. The van der Waals surface area contributed by atoms with E-state index in [1.807, 2.05) is 57.2 Å². The summed E-state index contributed by atoms with van der Waals surface area (Å²) in [5, 5.41) is 0. The number of benzene rings is 2. The van der Waals surface area contributed by atoms with Crippen molar-refractivity contribution in [2.24, 2.45) is 5.92 Å². The molecule has 0 radical (unpaired) electrons. The van der Waals surface area contributed by atoms with E-state index in [1.54, 1.807) is 19.4 Å². The standard InChI is InChI=1S/C24H26O4/c1-16(2)22(23-17(3)12-13-27-23)24(25)28-20-10-11-21(26-4)19(15-20)14-18-8-6-5-7-9-18/h5-13,15-16,22H,14H2,1-4H3. The van der Waals surface area contributed by atoms with Gasteiger partial charge in [0.2, 0.25) is 0 Å². The van der Waals surface area contributed by atoms with Crippen LogP contribution in [0.2, 0.25) is 0 Å². The first kappa shape index (κ1) is 19.7. The predicted octanol–water partition coefficient (Wildman–Crippen LogP) is 5.53. The van der Waals surface area contributed by atoms with E-state index in [1.165, 1.54) is 0 Å². The van der Waals surface area contributed by atoms with Gasteiger partial charge in [-0.15, -0.1) is 0 Å². The number of ether oxygens (including phenoxy) is 2. The lowest BCUT2D eigenvalue weighted by Gasteiger charge is -2.19. The maximum atomic E-state index is 12.9. The molecule has 2 aromatic carbocycles. The Labute approximate surface area is 166 Å². The predicted molar refractivity (Wildman–Crippen MR) is 109 cm³/mol. The minimum absolute atomic E-state index is 0.0550. The normalized spacial score (nSPS) is 12.0. The smallest absolute Gasteiger partial charge is 0.322 e. The molecule has 0 N–H and O–H groups in total. The van der Waals surface area contributed by atoms with Gasteiger partial charge in [-0.1, -0.05) is 44.2 Å². The molecule has 1 atom stereocenters. The number of furan rings is 1. The molecule has 1 heterocycles. The van der Waals surface area contributed by atoms with Crippen LogP contribution in [0.25, 0.3) is 0 Å². The summed E-state index contributed by atoms with van der Waals surface area (Å²) < 4.78 is 16.8. The van der Waals surface area contributed by atoms with Crippen molar-refractivity contribution >= 4 is 5.97 Å². The highest BCUT2D eigenvalue weighted by Gasteiger charge is 2.30. The molecule has 4 nitrogen and oxygen atoms in total. The van der Waals surface area contributed by atoms with E-state index >= 15 is 0 Å². The van der Waals surface area contributed by atoms with Crippen LogP contribution < -0.4 is 9.47 Å². The Morgan fingerprint density at radius 3 is 2.43 bits per heavy atom. The summed E-state index contributed by atoms with van der Waals surface area (Å²) in [6, 6.07) is 17.5. The first-order valence-electron chi connectivity index (χ1n) is 9.46. The summed E-state index contributed by atoms with van der Waals surface area (Å²) in [5.41, 5.74) is 3.08. The molecule has 0 aliphatic carbocycles. The molecule has 146 valence electrons. The lowest BCUT2D eigenvalue weighted by Crippen LogP contribution is -2.23. The molecule has 4 heteroatoms. The minimum Gasteiger partial charge on any atom is -0.496 e. The van der Waals surface area contributed by atoms with Crippen LogP contribution in [-0.4, -0.2) is 13.1 Å². The van der Waals surface area contributed by atoms with Gasteiger partial charge in [0.25, 0.3) is 0 Å². The Bertz CT molecular complexity index is 925. The third-order valence-corrected chi connectivity index (χ3v) is 4.81. The van der Waals surface area contributed by atoms with Crippen molar-refractivity contribution in [3.05, 3.63) is 83.3 Å². The number of hydrogen-bond donors (Lipinski definition) is 0. The van der Waals surface area contributed by atoms with Crippen molar-refractivity contribution in [1.82, 2.24) is 0 Å². The second-order valence-corrected chi connectivity index (χ2v) is 7.25. The monoisotopic (exact) mass is 378 g/mol. The molecule has 3 aromatic rings. The van der Waals surface area contributed by atoms with Gasteiger partial charge in [-0.2, -0.15) is 0 Å². The van der Waals surface area contributed by atoms with Crippen LogP contribution in [0, 0.1) is 12.8 Å². The van der Waals surface area contributed by atoms with Crippen LogP contribution in [0.15, 0.2) is 65.3 Å². The molecule has 0 aliphatic heterocycles. The van der Waals surface area contributed by atoms with Crippen molar-refractivity contribution in [2.75, 3.05) is 7.11 Å². The molecule has 3 rings (SSSR count). The summed E-state index contributed by atoms with van der Waals surface area (Å²) in [5.74, 6) is 1.23. The topological polar surface area (TPSA) is 48.7 Å². The van der Waals surface area contributed by atoms with Crippen molar-refractivity contribution in [1.29, 1.82) is 0 Å². The number of hydrogen-bond acceptors (Lipinski definition) is 4. The van der Waals surface area contributed by atoms with E-state index in [9.17, 15) is 4.79 Å². The molecule has 0 amide bonds. The molecule has 0 saturated heterocycles. The van der Waals surface area contributed by atoms with Gasteiger partial charge in [0.1, 0.15) is 23.2 Å². The maximum Gasteiger partial charge on any atom is 0.322 e. The summed E-state index contributed by atoms with van der Waals surface area (Å²) in [4.78, 5) is 12.9. The van der Waals surface area contributed by atoms with E-state index in [2.05, 4.69) is 12.1 Å². The Morgan fingerprint density at radius 2 is 1.82 bits per heavy atom. The van der Waals surface area contributed by atoms with E-state index in [0.717, 1.165) is 22.4 Å². The van der Waals surface area contributed by atoms with Crippen LogP contribution in [0.4, 0.5) is 0 Å². The number of methoxy groups -OCH3 is 1. The third-order valence-electron chi connectivity index (χ3n) is 4.81. The number of rotatable bonds is 7. The average molecular weight is 378 g/mol. The average Bonchev–Trinajstić information content (AvgIpc) is 3.08. The highest BCUT2D eigenvalue weighted by atomic mass is 16.5. The summed E-state index contributed by atoms with van der Waals surface area (Å²) in [6.07, 6.45) is 2.30. The van der Waals surface area contributed by atoms with Gasteiger partial charge in [-0.05, 0) is 48.2 Å². The number of carbonyl (C=O) groups is 1. The minimum atomic E-state index is -0.449. The molecule has 0 aliphatic rings. The molecule has 0 spiro atoms. The zero-order valence-corrected chi connectivity index (χ0v) is 16.8. The van der Waals surface area contributed by atoms with Crippen molar-refractivity contribution in [2.45, 2.75) is 33.1 Å². The van der Waals surface area contributed by atoms with E-state index in [-0.39, 0.29) is 11.9 Å². The first-order chi connectivity index (χ1) is 13.5. The molecule has 0 bridgehead atoms. The molecule has 1 unspecified atom stereocenters. The van der Waals surface area contributed by atoms with Crippen molar-refractivity contribution < 1.29 is 18.7 Å². The molecule has 0 saturated carbocycles. The fourth-order valence-electron chi connectivity index (χ4n) is 3.34. The number of carbonyl (C=O) groups excluding carboxylic acids is 1. The van der Waals surface area contributed by atoms with Gasteiger partial charge in [0.15, 0.2) is 0 Å². The summed E-state index contributed by atoms with van der Waals surface area (Å²) >= 11 is 0. The Kier molecular flexibility index (Phi) is 6.19. The van der Waals surface area contributed by atoms with Crippen LogP contribution in [-0.2, 0) is 11.2 Å². The fraction of sp³-hybridized carbons (Fsp3) is 0.292.